The number of halogens is 1. The first-order chi connectivity index (χ1) is 15.0. The van der Waals surface area contributed by atoms with Crippen LogP contribution in [0.1, 0.15) is 71.3 Å². The van der Waals surface area contributed by atoms with Gasteiger partial charge in [-0.05, 0) is 0 Å². The Labute approximate surface area is 197 Å². The summed E-state index contributed by atoms with van der Waals surface area (Å²) in [5.74, 6) is -0.0315. The predicted molar refractivity (Wildman–Crippen MR) is 133 cm³/mol. The second-order valence-electron chi connectivity index (χ2n) is 8.43. The molecule has 3 nitrogen and oxygen atoms in total. The van der Waals surface area contributed by atoms with Crippen LogP contribution in [0.3, 0.4) is 0 Å². The fourth-order valence-electron chi connectivity index (χ4n) is 4.07. The zero-order valence-corrected chi connectivity index (χ0v) is 22.9. The van der Waals surface area contributed by atoms with Gasteiger partial charge in [0.25, 0.3) is 0 Å². The van der Waals surface area contributed by atoms with E-state index in [1.54, 1.807) is 12.1 Å². The van der Waals surface area contributed by atoms with Crippen LogP contribution in [0.4, 0.5) is 0 Å². The van der Waals surface area contributed by atoms with Crippen LogP contribution in [0.5, 0.6) is 5.95 Å². The zero-order valence-electron chi connectivity index (χ0n) is 19.3. The van der Waals surface area contributed by atoms with Crippen molar-refractivity contribution in [1.82, 2.24) is 0 Å². The van der Waals surface area contributed by atoms with Gasteiger partial charge in [0.15, 0.2) is 0 Å². The van der Waals surface area contributed by atoms with E-state index in [1.807, 2.05) is 24.3 Å². The third-order valence-electron chi connectivity index (χ3n) is 5.82. The molecule has 1 heterocycles. The number of carbonyl (C=O) groups is 1. The molecule has 5 heteroatoms. The third-order valence-corrected chi connectivity index (χ3v) is 20.4. The van der Waals surface area contributed by atoms with E-state index in [0.29, 0.717) is 5.02 Å². The van der Waals surface area contributed by atoms with Crippen LogP contribution in [0.2, 0.25) is 18.3 Å². The first kappa shape index (κ1) is 26.1. The molecule has 0 aliphatic heterocycles. The molecule has 0 N–H and O–H groups in total. The average Bonchev–Trinajstić information content (AvgIpc) is 3.27. The van der Waals surface area contributed by atoms with E-state index in [-0.39, 0.29) is 18.3 Å². The van der Waals surface area contributed by atoms with E-state index >= 15 is 0 Å². The molecule has 170 valence electrons. The van der Waals surface area contributed by atoms with Gasteiger partial charge >= 0.3 is 198 Å². The number of rotatable bonds is 14. The SMILES string of the molecule is CCC[CH2][Sn](/[CH]=C(/CC(=O)Oc1ccco1)c1ccc(Cl)cc1)([CH2]CCC)[CH2]CCC. The van der Waals surface area contributed by atoms with Crippen molar-refractivity contribution in [3.05, 3.63) is 57.3 Å². The normalized spacial score (nSPS) is 12.2. The molecule has 0 amide bonds. The number of benzene rings is 1. The van der Waals surface area contributed by atoms with Gasteiger partial charge in [-0.15, -0.1) is 0 Å². The van der Waals surface area contributed by atoms with Gasteiger partial charge in [0.05, 0.1) is 0 Å². The Kier molecular flexibility index (Phi) is 11.8. The number of carbonyl (C=O) groups excluding carboxylic acids is 1. The Hall–Kier alpha value is -1.20. The number of furan rings is 1. The van der Waals surface area contributed by atoms with Crippen molar-refractivity contribution in [3.8, 4) is 5.95 Å². The summed E-state index contributed by atoms with van der Waals surface area (Å²) in [6, 6.07) is 11.3. The van der Waals surface area contributed by atoms with Crippen molar-refractivity contribution in [2.45, 2.75) is 79.0 Å². The molecule has 0 aliphatic rings. The van der Waals surface area contributed by atoms with Crippen LogP contribution in [0.15, 0.2) is 51.2 Å². The molecular formula is C26H37ClO3Sn. The number of esters is 1. The molecule has 2 rings (SSSR count). The molecule has 0 saturated carbocycles. The Balaban J connectivity index is 2.41. The van der Waals surface area contributed by atoms with Gasteiger partial charge in [0.2, 0.25) is 0 Å². The van der Waals surface area contributed by atoms with Crippen LogP contribution >= 0.6 is 11.6 Å². The molecule has 1 aromatic heterocycles. The van der Waals surface area contributed by atoms with Crippen LogP contribution in [-0.4, -0.2) is 24.3 Å². The van der Waals surface area contributed by atoms with Crippen molar-refractivity contribution in [1.29, 1.82) is 0 Å². The molecule has 0 saturated heterocycles. The fraction of sp³-hybridized carbons (Fsp3) is 0.500. The summed E-state index contributed by atoms with van der Waals surface area (Å²) in [7, 11) is 0. The van der Waals surface area contributed by atoms with Gasteiger partial charge in [-0.2, -0.15) is 0 Å². The summed E-state index contributed by atoms with van der Waals surface area (Å²) in [4.78, 5) is 12.8. The van der Waals surface area contributed by atoms with Crippen LogP contribution < -0.4 is 4.74 Å². The fourth-order valence-corrected chi connectivity index (χ4v) is 19.5. The summed E-state index contributed by atoms with van der Waals surface area (Å²) in [5.41, 5.74) is 2.18. The molecule has 31 heavy (non-hydrogen) atoms. The van der Waals surface area contributed by atoms with E-state index in [2.05, 4.69) is 24.9 Å². The summed E-state index contributed by atoms with van der Waals surface area (Å²) in [6.45, 7) is 6.84. The Morgan fingerprint density at radius 3 is 2.03 bits per heavy atom. The standard InChI is InChI=1S/C14H10ClO3.3C4H9.Sn/c1-10(11-4-6-12(15)7-5-11)9-13(16)18-14-3-2-8-17-14;3*1-3-4-2;/h1-8H,9H2;3*1,3-4H2,2H3;. The summed E-state index contributed by atoms with van der Waals surface area (Å²) in [6.07, 6.45) is 9.29. The van der Waals surface area contributed by atoms with Gasteiger partial charge in [0, 0.05) is 0 Å². The van der Waals surface area contributed by atoms with Crippen molar-refractivity contribution in [3.63, 3.8) is 0 Å². The molecule has 1 aromatic carbocycles. The van der Waals surface area contributed by atoms with Crippen molar-refractivity contribution in [2.75, 3.05) is 0 Å². The maximum absolute atomic E-state index is 12.8. The monoisotopic (exact) mass is 552 g/mol. The van der Waals surface area contributed by atoms with Crippen LogP contribution in [0.25, 0.3) is 5.57 Å². The minimum atomic E-state index is -2.61. The summed E-state index contributed by atoms with van der Waals surface area (Å²) >= 11 is 3.54. The first-order valence-electron chi connectivity index (χ1n) is 11.7. The average molecular weight is 552 g/mol. The Bertz CT molecular complexity index is 775. The topological polar surface area (TPSA) is 39.4 Å². The van der Waals surface area contributed by atoms with Gasteiger partial charge < -0.3 is 0 Å². The maximum atomic E-state index is 12.8. The van der Waals surface area contributed by atoms with Gasteiger partial charge in [-0.3, -0.25) is 0 Å². The number of unbranched alkanes of at least 4 members (excludes halogenated alkanes) is 3. The van der Waals surface area contributed by atoms with Crippen molar-refractivity contribution in [2.24, 2.45) is 0 Å². The molecular weight excluding hydrogens is 514 g/mol. The molecule has 0 atom stereocenters. The van der Waals surface area contributed by atoms with E-state index in [4.69, 9.17) is 20.8 Å². The molecule has 2 aromatic rings. The molecule has 0 spiro atoms. The zero-order chi connectivity index (χ0) is 22.5. The van der Waals surface area contributed by atoms with Gasteiger partial charge in [0.1, 0.15) is 0 Å². The number of hydrogen-bond acceptors (Lipinski definition) is 3. The van der Waals surface area contributed by atoms with E-state index in [9.17, 15) is 4.79 Å². The first-order valence-corrected chi connectivity index (χ1v) is 19.8. The number of hydrogen-bond donors (Lipinski definition) is 0. The van der Waals surface area contributed by atoms with E-state index < -0.39 is 18.4 Å². The molecule has 0 fully saturated rings. The summed E-state index contributed by atoms with van der Waals surface area (Å²) in [5, 5.41) is 0.707. The summed E-state index contributed by atoms with van der Waals surface area (Å²) < 4.78 is 17.3. The predicted octanol–water partition coefficient (Wildman–Crippen LogP) is 8.70. The Morgan fingerprint density at radius 2 is 1.55 bits per heavy atom. The van der Waals surface area contributed by atoms with Crippen LogP contribution in [-0.2, 0) is 4.79 Å². The molecule has 0 aliphatic carbocycles. The second-order valence-corrected chi connectivity index (χ2v) is 21.8. The quantitative estimate of drug-likeness (QED) is 0.174. The number of ether oxygens (including phenoxy) is 1. The van der Waals surface area contributed by atoms with E-state index in [1.165, 1.54) is 58.1 Å². The van der Waals surface area contributed by atoms with Gasteiger partial charge in [-0.25, -0.2) is 0 Å². The van der Waals surface area contributed by atoms with Crippen molar-refractivity contribution >= 4 is 41.5 Å². The molecule has 0 unspecified atom stereocenters. The third kappa shape index (κ3) is 9.05. The van der Waals surface area contributed by atoms with Crippen molar-refractivity contribution < 1.29 is 13.9 Å². The molecule has 0 bridgehead atoms. The Morgan fingerprint density at radius 1 is 0.968 bits per heavy atom. The van der Waals surface area contributed by atoms with Gasteiger partial charge in [-0.1, -0.05) is 0 Å². The molecule has 0 radical (unpaired) electrons. The second kappa shape index (κ2) is 14.1. The van der Waals surface area contributed by atoms with Crippen LogP contribution in [0, 0.1) is 0 Å². The van der Waals surface area contributed by atoms with E-state index in [0.717, 1.165) is 11.1 Å². The minimum absolute atomic E-state index is 0.248.